The molecule has 4 nitrogen and oxygen atoms in total. The van der Waals surface area contributed by atoms with Gasteiger partial charge in [-0.05, 0) is 24.3 Å². The first-order valence-electron chi connectivity index (χ1n) is 5.86. The Hall–Kier alpha value is -1.52. The molecule has 0 spiro atoms. The highest BCUT2D eigenvalue weighted by molar-refractivity contribution is 6.31. The summed E-state index contributed by atoms with van der Waals surface area (Å²) in [5, 5.41) is 5.06. The van der Waals surface area contributed by atoms with Crippen molar-refractivity contribution >= 4 is 34.2 Å². The van der Waals surface area contributed by atoms with Crippen LogP contribution in [0.2, 0.25) is 5.02 Å². The fourth-order valence-corrected chi connectivity index (χ4v) is 2.51. The quantitative estimate of drug-likeness (QED) is 0.696. The van der Waals surface area contributed by atoms with E-state index in [-0.39, 0.29) is 0 Å². The van der Waals surface area contributed by atoms with Gasteiger partial charge in [0.25, 0.3) is 0 Å². The molecule has 0 N–H and O–H groups in total. The van der Waals surface area contributed by atoms with Crippen LogP contribution in [0.15, 0.2) is 30.5 Å². The van der Waals surface area contributed by atoms with Gasteiger partial charge in [0.1, 0.15) is 5.82 Å². The summed E-state index contributed by atoms with van der Waals surface area (Å²) in [6, 6.07) is 7.66. The van der Waals surface area contributed by atoms with Crippen LogP contribution in [0.4, 0.5) is 0 Å². The molecule has 0 amide bonds. The monoisotopic (exact) mass is 294 g/mol. The van der Waals surface area contributed by atoms with Crippen molar-refractivity contribution in [3.63, 3.8) is 0 Å². The summed E-state index contributed by atoms with van der Waals surface area (Å²) in [7, 11) is 1.90. The molecule has 1 aromatic carbocycles. The van der Waals surface area contributed by atoms with Crippen LogP contribution in [0, 0.1) is 0 Å². The van der Waals surface area contributed by atoms with Gasteiger partial charge in [-0.15, -0.1) is 11.6 Å². The fraction of sp³-hybridized carbons (Fsp3) is 0.231. The van der Waals surface area contributed by atoms with Gasteiger partial charge in [0.2, 0.25) is 0 Å². The SMILES string of the molecule is Cn1ccc(Cn2c(CCl)nc3cc(Cl)ccc32)n1. The normalized spacial score (nSPS) is 11.3. The summed E-state index contributed by atoms with van der Waals surface area (Å²) in [5.74, 6) is 1.18. The number of aryl methyl sites for hydroxylation is 1. The number of benzene rings is 1. The topological polar surface area (TPSA) is 35.6 Å². The summed E-state index contributed by atoms with van der Waals surface area (Å²) in [6.07, 6.45) is 1.92. The summed E-state index contributed by atoms with van der Waals surface area (Å²) in [6.45, 7) is 0.654. The molecule has 0 aliphatic carbocycles. The lowest BCUT2D eigenvalue weighted by Crippen LogP contribution is -2.05. The molecule has 0 fully saturated rings. The van der Waals surface area contributed by atoms with E-state index in [1.54, 1.807) is 4.68 Å². The van der Waals surface area contributed by atoms with Crippen molar-refractivity contribution in [3.05, 3.63) is 47.0 Å². The Labute approximate surface area is 120 Å². The van der Waals surface area contributed by atoms with E-state index in [2.05, 4.69) is 14.6 Å². The van der Waals surface area contributed by atoms with Gasteiger partial charge >= 0.3 is 0 Å². The maximum absolute atomic E-state index is 5.99. The van der Waals surface area contributed by atoms with Gasteiger partial charge in [-0.25, -0.2) is 4.98 Å². The molecule has 19 heavy (non-hydrogen) atoms. The van der Waals surface area contributed by atoms with Gasteiger partial charge < -0.3 is 4.57 Å². The second-order valence-corrected chi connectivity index (χ2v) is 5.07. The summed E-state index contributed by atoms with van der Waals surface area (Å²) in [4.78, 5) is 4.51. The van der Waals surface area contributed by atoms with Crippen molar-refractivity contribution in [1.29, 1.82) is 0 Å². The number of fused-ring (bicyclic) bond motifs is 1. The number of hydrogen-bond donors (Lipinski definition) is 0. The van der Waals surface area contributed by atoms with Crippen LogP contribution in [0.3, 0.4) is 0 Å². The Balaban J connectivity index is 2.10. The van der Waals surface area contributed by atoms with Crippen molar-refractivity contribution in [3.8, 4) is 0 Å². The summed E-state index contributed by atoms with van der Waals surface area (Å²) in [5.41, 5.74) is 2.85. The molecule has 6 heteroatoms. The van der Waals surface area contributed by atoms with Gasteiger partial charge in [-0.2, -0.15) is 5.10 Å². The molecule has 2 aromatic heterocycles. The number of imidazole rings is 1. The van der Waals surface area contributed by atoms with E-state index in [1.165, 1.54) is 0 Å². The number of aromatic nitrogens is 4. The van der Waals surface area contributed by atoms with Crippen LogP contribution in [-0.4, -0.2) is 19.3 Å². The minimum absolute atomic E-state index is 0.360. The van der Waals surface area contributed by atoms with Crippen LogP contribution in [0.1, 0.15) is 11.5 Å². The number of hydrogen-bond acceptors (Lipinski definition) is 2. The predicted molar refractivity (Wildman–Crippen MR) is 76.6 cm³/mol. The first-order chi connectivity index (χ1) is 9.17. The van der Waals surface area contributed by atoms with Crippen LogP contribution >= 0.6 is 23.2 Å². The van der Waals surface area contributed by atoms with E-state index < -0.39 is 0 Å². The molecule has 3 aromatic rings. The van der Waals surface area contributed by atoms with Crippen LogP contribution in [0.25, 0.3) is 11.0 Å². The van der Waals surface area contributed by atoms with E-state index >= 15 is 0 Å². The summed E-state index contributed by atoms with van der Waals surface area (Å²) < 4.78 is 3.85. The molecule has 0 radical (unpaired) electrons. The Morgan fingerprint density at radius 3 is 2.79 bits per heavy atom. The Morgan fingerprint density at radius 1 is 1.26 bits per heavy atom. The highest BCUT2D eigenvalue weighted by Crippen LogP contribution is 2.22. The van der Waals surface area contributed by atoms with Crippen molar-refractivity contribution < 1.29 is 0 Å². The molecule has 98 valence electrons. The van der Waals surface area contributed by atoms with E-state index in [4.69, 9.17) is 23.2 Å². The van der Waals surface area contributed by atoms with E-state index in [0.717, 1.165) is 22.6 Å². The van der Waals surface area contributed by atoms with E-state index in [9.17, 15) is 0 Å². The molecule has 0 atom stereocenters. The zero-order valence-electron chi connectivity index (χ0n) is 10.3. The average molecular weight is 295 g/mol. The third-order valence-corrected chi connectivity index (χ3v) is 3.47. The molecule has 0 saturated carbocycles. The maximum Gasteiger partial charge on any atom is 0.125 e. The molecular formula is C13H12Cl2N4. The highest BCUT2D eigenvalue weighted by Gasteiger charge is 2.11. The third kappa shape index (κ3) is 2.33. The average Bonchev–Trinajstić information content (AvgIpc) is 2.94. The molecule has 0 aliphatic heterocycles. The van der Waals surface area contributed by atoms with Gasteiger partial charge in [0.05, 0.1) is 29.2 Å². The Morgan fingerprint density at radius 2 is 2.11 bits per heavy atom. The smallest absolute Gasteiger partial charge is 0.125 e. The highest BCUT2D eigenvalue weighted by atomic mass is 35.5. The first kappa shape index (κ1) is 12.5. The van der Waals surface area contributed by atoms with Crippen molar-refractivity contribution in [2.75, 3.05) is 0 Å². The molecule has 0 aliphatic rings. The van der Waals surface area contributed by atoms with Crippen molar-refractivity contribution in [2.45, 2.75) is 12.4 Å². The predicted octanol–water partition coefficient (Wildman–Crippen LogP) is 3.21. The molecular weight excluding hydrogens is 283 g/mol. The minimum atomic E-state index is 0.360. The van der Waals surface area contributed by atoms with Crippen LogP contribution < -0.4 is 0 Å². The first-order valence-corrected chi connectivity index (χ1v) is 6.78. The lowest BCUT2D eigenvalue weighted by Gasteiger charge is -2.05. The van der Waals surface area contributed by atoms with Crippen LogP contribution in [0.5, 0.6) is 0 Å². The standard InChI is InChI=1S/C13H12Cl2N4/c1-18-5-4-10(17-18)8-19-12-3-2-9(15)6-11(12)16-13(19)7-14/h2-6H,7-8H2,1H3. The number of rotatable bonds is 3. The molecule has 0 bridgehead atoms. The van der Waals surface area contributed by atoms with Crippen molar-refractivity contribution in [2.24, 2.45) is 7.05 Å². The lowest BCUT2D eigenvalue weighted by atomic mass is 10.3. The minimum Gasteiger partial charge on any atom is -0.321 e. The zero-order valence-corrected chi connectivity index (χ0v) is 11.9. The molecule has 0 saturated heterocycles. The summed E-state index contributed by atoms with van der Waals surface area (Å²) >= 11 is 12.0. The second-order valence-electron chi connectivity index (χ2n) is 4.36. The van der Waals surface area contributed by atoms with Gasteiger partial charge in [-0.3, -0.25) is 4.68 Å². The van der Waals surface area contributed by atoms with Crippen molar-refractivity contribution in [1.82, 2.24) is 19.3 Å². The Kier molecular flexibility index (Phi) is 3.21. The number of alkyl halides is 1. The maximum atomic E-state index is 5.99. The number of halogens is 2. The second kappa shape index (κ2) is 4.87. The Bertz CT molecular complexity index is 729. The lowest BCUT2D eigenvalue weighted by molar-refractivity contribution is 0.701. The van der Waals surface area contributed by atoms with Gasteiger partial charge in [-0.1, -0.05) is 11.6 Å². The molecule has 0 unspecified atom stereocenters. The van der Waals surface area contributed by atoms with E-state index in [0.29, 0.717) is 17.4 Å². The fourth-order valence-electron chi connectivity index (χ4n) is 2.14. The van der Waals surface area contributed by atoms with E-state index in [1.807, 2.05) is 37.5 Å². The number of nitrogens with zero attached hydrogens (tertiary/aromatic N) is 4. The van der Waals surface area contributed by atoms with Gasteiger partial charge in [0, 0.05) is 18.3 Å². The molecule has 3 rings (SSSR count). The largest absolute Gasteiger partial charge is 0.321 e. The van der Waals surface area contributed by atoms with Crippen LogP contribution in [-0.2, 0) is 19.5 Å². The molecule has 2 heterocycles. The zero-order chi connectivity index (χ0) is 13.4. The third-order valence-electron chi connectivity index (χ3n) is 3.00. The van der Waals surface area contributed by atoms with Gasteiger partial charge in [0.15, 0.2) is 0 Å².